The van der Waals surface area contributed by atoms with E-state index in [0.717, 1.165) is 19.3 Å². The third-order valence-corrected chi connectivity index (χ3v) is 3.34. The second-order valence-electron chi connectivity index (χ2n) is 4.09. The van der Waals surface area contributed by atoms with Crippen molar-refractivity contribution in [3.05, 3.63) is 0 Å². The molecule has 2 saturated carbocycles. The molecule has 0 saturated heterocycles. The van der Waals surface area contributed by atoms with E-state index in [1.54, 1.807) is 0 Å². The van der Waals surface area contributed by atoms with Gasteiger partial charge in [-0.05, 0) is 30.6 Å². The van der Waals surface area contributed by atoms with Crippen LogP contribution in [0.3, 0.4) is 0 Å². The lowest BCUT2D eigenvalue weighted by molar-refractivity contribution is -0.0455. The van der Waals surface area contributed by atoms with E-state index < -0.39 is 12.2 Å². The Morgan fingerprint density at radius 3 is 2.40 bits per heavy atom. The molecule has 2 fully saturated rings. The van der Waals surface area contributed by atoms with Gasteiger partial charge < -0.3 is 10.2 Å². The minimum absolute atomic E-state index is 0.0457. The normalized spacial score (nSPS) is 59.7. The van der Waals surface area contributed by atoms with Crippen LogP contribution in [0.15, 0.2) is 0 Å². The highest BCUT2D eigenvalue weighted by Gasteiger charge is 2.53. The Morgan fingerprint density at radius 2 is 2.10 bits per heavy atom. The Kier molecular flexibility index (Phi) is 1.15. The first-order valence-electron chi connectivity index (χ1n) is 4.00. The number of hydrogen-bond donors (Lipinski definition) is 2. The lowest BCUT2D eigenvalue weighted by atomic mass is 9.83. The van der Waals surface area contributed by atoms with Gasteiger partial charge in [0.25, 0.3) is 0 Å². The number of aliphatic hydroxyl groups excluding tert-OH is 2. The number of rotatable bonds is 0. The Morgan fingerprint density at radius 1 is 1.40 bits per heavy atom. The molecular weight excluding hydrogens is 128 g/mol. The minimum atomic E-state index is -0.453. The molecule has 58 valence electrons. The Hall–Kier alpha value is -0.0800. The van der Waals surface area contributed by atoms with Crippen molar-refractivity contribution in [2.45, 2.75) is 38.4 Å². The first kappa shape index (κ1) is 6.62. The van der Waals surface area contributed by atoms with E-state index in [0.29, 0.717) is 5.92 Å². The van der Waals surface area contributed by atoms with Crippen LogP contribution < -0.4 is 0 Å². The molecule has 0 amide bonds. The molecule has 2 bridgehead atoms. The third kappa shape index (κ3) is 0.611. The van der Waals surface area contributed by atoms with Crippen molar-refractivity contribution in [2.75, 3.05) is 0 Å². The number of hydrogen-bond acceptors (Lipinski definition) is 2. The van der Waals surface area contributed by atoms with E-state index in [1.807, 2.05) is 0 Å². The highest BCUT2D eigenvalue weighted by Crippen LogP contribution is 2.53. The van der Waals surface area contributed by atoms with Crippen LogP contribution in [-0.4, -0.2) is 22.4 Å². The van der Waals surface area contributed by atoms with Crippen LogP contribution in [0.2, 0.25) is 0 Å². The molecule has 0 aromatic heterocycles. The van der Waals surface area contributed by atoms with Crippen molar-refractivity contribution in [2.24, 2.45) is 11.3 Å². The lowest BCUT2D eigenvalue weighted by Crippen LogP contribution is -2.37. The second kappa shape index (κ2) is 1.74. The van der Waals surface area contributed by atoms with Gasteiger partial charge in [0.05, 0.1) is 12.2 Å². The Balaban J connectivity index is 2.25. The number of aliphatic hydroxyl groups is 2. The van der Waals surface area contributed by atoms with Gasteiger partial charge in [0, 0.05) is 0 Å². The predicted octanol–water partition coefficient (Wildman–Crippen LogP) is 0.528. The van der Waals surface area contributed by atoms with E-state index >= 15 is 0 Å². The molecule has 10 heavy (non-hydrogen) atoms. The summed E-state index contributed by atoms with van der Waals surface area (Å²) >= 11 is 0. The van der Waals surface area contributed by atoms with Crippen LogP contribution in [0.4, 0.5) is 0 Å². The van der Waals surface area contributed by atoms with Crippen LogP contribution in [0.25, 0.3) is 0 Å². The summed E-state index contributed by atoms with van der Waals surface area (Å²) in [7, 11) is 0. The molecule has 2 nitrogen and oxygen atoms in total. The van der Waals surface area contributed by atoms with Crippen molar-refractivity contribution in [1.29, 1.82) is 0 Å². The Labute approximate surface area is 60.9 Å². The summed E-state index contributed by atoms with van der Waals surface area (Å²) < 4.78 is 0. The summed E-state index contributed by atoms with van der Waals surface area (Å²) in [6.07, 6.45) is 2.34. The zero-order valence-corrected chi connectivity index (χ0v) is 6.25. The molecule has 2 rings (SSSR count). The molecule has 0 aromatic rings. The van der Waals surface area contributed by atoms with Gasteiger partial charge in [-0.1, -0.05) is 6.92 Å². The molecule has 2 aliphatic rings. The summed E-state index contributed by atoms with van der Waals surface area (Å²) in [5, 5.41) is 18.9. The first-order valence-corrected chi connectivity index (χ1v) is 4.00. The van der Waals surface area contributed by atoms with Gasteiger partial charge in [0.15, 0.2) is 0 Å². The molecule has 0 heterocycles. The maximum absolute atomic E-state index is 9.50. The molecule has 4 atom stereocenters. The maximum atomic E-state index is 9.50. The molecular formula is C8H14O2. The van der Waals surface area contributed by atoms with Crippen molar-refractivity contribution in [3.63, 3.8) is 0 Å². The lowest BCUT2D eigenvalue weighted by Gasteiger charge is -2.29. The molecule has 3 unspecified atom stereocenters. The van der Waals surface area contributed by atoms with Crippen molar-refractivity contribution < 1.29 is 10.2 Å². The van der Waals surface area contributed by atoms with E-state index in [9.17, 15) is 10.2 Å². The summed E-state index contributed by atoms with van der Waals surface area (Å²) in [5.74, 6) is 0.389. The van der Waals surface area contributed by atoms with Gasteiger partial charge in [0.2, 0.25) is 0 Å². The van der Waals surface area contributed by atoms with Crippen LogP contribution in [0, 0.1) is 11.3 Å². The van der Waals surface area contributed by atoms with E-state index in [4.69, 9.17) is 0 Å². The molecule has 0 aliphatic heterocycles. The quantitative estimate of drug-likeness (QED) is 0.518. The maximum Gasteiger partial charge on any atom is 0.0855 e. The van der Waals surface area contributed by atoms with Gasteiger partial charge in [-0.15, -0.1) is 0 Å². The SMILES string of the molecule is CC12CCC(C1)C(O)[C@@H]2O. The van der Waals surface area contributed by atoms with E-state index in [1.165, 1.54) is 0 Å². The average Bonchev–Trinajstić information content (AvgIpc) is 2.35. The van der Waals surface area contributed by atoms with E-state index in [2.05, 4.69) is 6.92 Å². The summed E-state index contributed by atoms with van der Waals surface area (Å²) in [6.45, 7) is 2.08. The predicted molar refractivity (Wildman–Crippen MR) is 37.5 cm³/mol. The van der Waals surface area contributed by atoms with Gasteiger partial charge in [-0.2, -0.15) is 0 Å². The standard InChI is InChI=1S/C8H14O2/c1-8-3-2-5(4-8)6(9)7(8)10/h5-7,9-10H,2-4H2,1H3/t5?,6?,7-,8?/m0/s1. The molecule has 2 aliphatic carbocycles. The minimum Gasteiger partial charge on any atom is -0.390 e. The fourth-order valence-electron chi connectivity index (χ4n) is 2.55. The zero-order valence-electron chi connectivity index (χ0n) is 6.25. The van der Waals surface area contributed by atoms with Crippen LogP contribution in [-0.2, 0) is 0 Å². The second-order valence-corrected chi connectivity index (χ2v) is 4.09. The summed E-state index contributed by atoms with van der Waals surface area (Å²) in [5.41, 5.74) is 0.0457. The fraction of sp³-hybridized carbons (Fsp3) is 1.00. The van der Waals surface area contributed by atoms with Gasteiger partial charge >= 0.3 is 0 Å². The smallest absolute Gasteiger partial charge is 0.0855 e. The number of fused-ring (bicyclic) bond motifs is 2. The largest absolute Gasteiger partial charge is 0.390 e. The first-order chi connectivity index (χ1) is 4.63. The van der Waals surface area contributed by atoms with Crippen LogP contribution >= 0.6 is 0 Å². The highest BCUT2D eigenvalue weighted by molar-refractivity contribution is 5.04. The molecule has 0 spiro atoms. The van der Waals surface area contributed by atoms with E-state index in [-0.39, 0.29) is 5.41 Å². The van der Waals surface area contributed by atoms with Gasteiger partial charge in [0.1, 0.15) is 0 Å². The molecule has 2 heteroatoms. The van der Waals surface area contributed by atoms with Gasteiger partial charge in [-0.25, -0.2) is 0 Å². The molecule has 2 N–H and O–H groups in total. The topological polar surface area (TPSA) is 40.5 Å². The summed E-state index contributed by atoms with van der Waals surface area (Å²) in [6, 6.07) is 0. The fourth-order valence-corrected chi connectivity index (χ4v) is 2.55. The van der Waals surface area contributed by atoms with Gasteiger partial charge in [-0.3, -0.25) is 0 Å². The molecule has 0 aromatic carbocycles. The van der Waals surface area contributed by atoms with Crippen LogP contribution in [0.1, 0.15) is 26.2 Å². The average molecular weight is 142 g/mol. The van der Waals surface area contributed by atoms with Crippen molar-refractivity contribution >= 4 is 0 Å². The third-order valence-electron chi connectivity index (χ3n) is 3.34. The highest BCUT2D eigenvalue weighted by atomic mass is 16.3. The van der Waals surface area contributed by atoms with Crippen molar-refractivity contribution in [3.8, 4) is 0 Å². The monoisotopic (exact) mass is 142 g/mol. The van der Waals surface area contributed by atoms with Crippen molar-refractivity contribution in [1.82, 2.24) is 0 Å². The Bertz CT molecular complexity index is 157. The molecule has 0 radical (unpaired) electrons. The van der Waals surface area contributed by atoms with Crippen LogP contribution in [0.5, 0.6) is 0 Å². The summed E-state index contributed by atoms with van der Waals surface area (Å²) in [4.78, 5) is 0. The zero-order chi connectivity index (χ0) is 7.35.